The molecular formula is C4H4ClN2O+. The number of aromatic nitrogens is 2. The average Bonchev–Trinajstić information content (AvgIpc) is 1.64. The molecule has 42 valence electrons. The van der Waals surface area contributed by atoms with Crippen molar-refractivity contribution in [2.75, 3.05) is 0 Å². The summed E-state index contributed by atoms with van der Waals surface area (Å²) in [4.78, 5) is 10.3. The normalized spacial score (nSPS) is 9.12. The van der Waals surface area contributed by atoms with Crippen molar-refractivity contribution in [3.05, 3.63) is 28.4 Å². The molecule has 0 bridgehead atoms. The molecule has 0 saturated carbocycles. The first-order chi connectivity index (χ1) is 3.79. The van der Waals surface area contributed by atoms with E-state index in [9.17, 15) is 4.91 Å². The molecule has 1 aromatic rings. The molecule has 0 saturated heterocycles. The molecule has 0 aliphatic heterocycles. The van der Waals surface area contributed by atoms with E-state index >= 15 is 0 Å². The van der Waals surface area contributed by atoms with Crippen molar-refractivity contribution in [2.45, 2.75) is 0 Å². The zero-order valence-electron chi connectivity index (χ0n) is 3.97. The molecule has 1 rings (SSSR count). The van der Waals surface area contributed by atoms with E-state index < -0.39 is 0 Å². The Labute approximate surface area is 50.5 Å². The van der Waals surface area contributed by atoms with Crippen LogP contribution in [0.1, 0.15) is 0 Å². The highest BCUT2D eigenvalue weighted by Gasteiger charge is 1.90. The van der Waals surface area contributed by atoms with E-state index in [1.54, 1.807) is 6.07 Å². The van der Waals surface area contributed by atoms with E-state index in [2.05, 4.69) is 5.10 Å². The molecule has 0 aliphatic carbocycles. The summed E-state index contributed by atoms with van der Waals surface area (Å²) in [5.74, 6) is 0. The zero-order valence-corrected chi connectivity index (χ0v) is 4.72. The minimum atomic E-state index is 0.429. The van der Waals surface area contributed by atoms with Gasteiger partial charge >= 0.3 is 0 Å². The lowest BCUT2D eigenvalue weighted by Crippen LogP contribution is -2.16. The number of nitrogens with one attached hydrogen (secondary N) is 1. The quantitative estimate of drug-likeness (QED) is 0.514. The molecule has 0 amide bonds. The first-order valence-corrected chi connectivity index (χ1v) is 2.43. The topological polar surface area (TPSA) is 38.8 Å². The van der Waals surface area contributed by atoms with Crippen LogP contribution < -0.4 is 4.54 Å². The van der Waals surface area contributed by atoms with Gasteiger partial charge in [0.15, 0.2) is 4.54 Å². The van der Waals surface area contributed by atoms with Crippen LogP contribution in [0.4, 0.5) is 0 Å². The SMILES string of the molecule is O=[n+]1cc(Cl)cc[nH]1. The van der Waals surface area contributed by atoms with Gasteiger partial charge in [-0.2, -0.15) is 0 Å². The number of nitrogens with zero attached hydrogens (tertiary/aromatic N) is 1. The van der Waals surface area contributed by atoms with Crippen molar-refractivity contribution in [1.82, 2.24) is 5.10 Å². The molecule has 0 aliphatic rings. The largest absolute Gasteiger partial charge is 0.275 e. The summed E-state index contributed by atoms with van der Waals surface area (Å²) in [6, 6.07) is 1.59. The highest BCUT2D eigenvalue weighted by molar-refractivity contribution is 6.30. The van der Waals surface area contributed by atoms with Crippen molar-refractivity contribution in [3.8, 4) is 0 Å². The van der Waals surface area contributed by atoms with Gasteiger partial charge in [0.1, 0.15) is 5.02 Å². The molecule has 1 N–H and O–H groups in total. The summed E-state index contributed by atoms with van der Waals surface area (Å²) in [6.07, 6.45) is 2.71. The van der Waals surface area contributed by atoms with E-state index in [-0.39, 0.29) is 0 Å². The summed E-state index contributed by atoms with van der Waals surface area (Å²) >= 11 is 5.40. The molecule has 0 aromatic carbocycles. The van der Waals surface area contributed by atoms with E-state index in [1.807, 2.05) is 0 Å². The predicted molar refractivity (Wildman–Crippen MR) is 29.2 cm³/mol. The molecule has 0 radical (unpaired) electrons. The first kappa shape index (κ1) is 5.31. The summed E-state index contributed by atoms with van der Waals surface area (Å²) in [5, 5.41) is 2.78. The van der Waals surface area contributed by atoms with Crippen LogP contribution in [0.2, 0.25) is 5.02 Å². The zero-order chi connectivity index (χ0) is 5.98. The molecule has 0 spiro atoms. The van der Waals surface area contributed by atoms with Crippen LogP contribution in [0, 0.1) is 4.91 Å². The van der Waals surface area contributed by atoms with Crippen LogP contribution in [-0.2, 0) is 0 Å². The van der Waals surface area contributed by atoms with E-state index in [1.165, 1.54) is 12.4 Å². The minimum Gasteiger partial charge on any atom is -0.122 e. The second-order valence-electron chi connectivity index (χ2n) is 1.30. The lowest BCUT2D eigenvalue weighted by atomic mass is 10.6. The third kappa shape index (κ3) is 1.07. The smallest absolute Gasteiger partial charge is 0.122 e. The van der Waals surface area contributed by atoms with Crippen LogP contribution >= 0.6 is 11.6 Å². The summed E-state index contributed by atoms with van der Waals surface area (Å²) in [5.41, 5.74) is 0. The van der Waals surface area contributed by atoms with E-state index in [4.69, 9.17) is 11.6 Å². The Morgan fingerprint density at radius 2 is 2.50 bits per heavy atom. The van der Waals surface area contributed by atoms with Gasteiger partial charge in [-0.3, -0.25) is 0 Å². The molecule has 0 atom stereocenters. The summed E-state index contributed by atoms with van der Waals surface area (Å²) in [6.45, 7) is 0. The lowest BCUT2D eigenvalue weighted by Gasteiger charge is -1.73. The van der Waals surface area contributed by atoms with E-state index in [0.717, 1.165) is 0 Å². The van der Waals surface area contributed by atoms with Crippen LogP contribution in [0.25, 0.3) is 0 Å². The standard InChI is InChI=1S/C4H4ClN2O/c5-4-1-2-6-7(8)3-4/h1-3H,(H,6,8)/q+1. The minimum absolute atomic E-state index is 0.429. The Morgan fingerprint density at radius 1 is 1.75 bits per heavy atom. The Kier molecular flexibility index (Phi) is 1.30. The highest BCUT2D eigenvalue weighted by atomic mass is 35.5. The number of halogens is 1. The third-order valence-corrected chi connectivity index (χ3v) is 0.908. The highest BCUT2D eigenvalue weighted by Crippen LogP contribution is 1.98. The maximum atomic E-state index is 10.3. The van der Waals surface area contributed by atoms with Crippen molar-refractivity contribution in [1.29, 1.82) is 0 Å². The third-order valence-electron chi connectivity index (χ3n) is 0.685. The van der Waals surface area contributed by atoms with Crippen molar-refractivity contribution in [2.24, 2.45) is 0 Å². The van der Waals surface area contributed by atoms with Crippen molar-refractivity contribution in [3.63, 3.8) is 0 Å². The predicted octanol–water partition coefficient (Wildman–Crippen LogP) is 0.583. The van der Waals surface area contributed by atoms with E-state index in [0.29, 0.717) is 9.56 Å². The molecular weight excluding hydrogens is 128 g/mol. The van der Waals surface area contributed by atoms with Gasteiger partial charge in [0.2, 0.25) is 0 Å². The van der Waals surface area contributed by atoms with Crippen molar-refractivity contribution >= 4 is 11.6 Å². The second-order valence-corrected chi connectivity index (χ2v) is 1.74. The van der Waals surface area contributed by atoms with Gasteiger partial charge in [-0.25, -0.2) is 0 Å². The van der Waals surface area contributed by atoms with Gasteiger partial charge in [-0.1, -0.05) is 11.6 Å². The monoisotopic (exact) mass is 131 g/mol. The summed E-state index contributed by atoms with van der Waals surface area (Å²) in [7, 11) is 0. The van der Waals surface area contributed by atoms with Crippen molar-refractivity contribution < 1.29 is 4.54 Å². The lowest BCUT2D eigenvalue weighted by molar-refractivity contribution is -0.564. The van der Waals surface area contributed by atoms with Gasteiger partial charge < -0.3 is 0 Å². The maximum absolute atomic E-state index is 10.3. The molecule has 1 aromatic heterocycles. The molecule has 0 unspecified atom stereocenters. The number of rotatable bonds is 0. The van der Waals surface area contributed by atoms with Gasteiger partial charge in [0.25, 0.3) is 6.20 Å². The molecule has 8 heavy (non-hydrogen) atoms. The fourth-order valence-electron chi connectivity index (χ4n) is 0.383. The van der Waals surface area contributed by atoms with Crippen LogP contribution in [0.5, 0.6) is 0 Å². The second kappa shape index (κ2) is 1.96. The Balaban J connectivity index is 3.28. The molecule has 0 fully saturated rings. The Morgan fingerprint density at radius 3 is 2.88 bits per heavy atom. The van der Waals surface area contributed by atoms with Gasteiger partial charge in [-0.15, -0.1) is 5.10 Å². The first-order valence-electron chi connectivity index (χ1n) is 2.05. The fraction of sp³-hybridized carbons (Fsp3) is 0. The number of aromatic amines is 1. The van der Waals surface area contributed by atoms with Gasteiger partial charge in [0, 0.05) is 0 Å². The van der Waals surface area contributed by atoms with Gasteiger partial charge in [-0.05, 0) is 6.07 Å². The number of hydrogen-bond acceptors (Lipinski definition) is 1. The average molecular weight is 132 g/mol. The molecule has 1 heterocycles. The molecule has 3 nitrogen and oxygen atoms in total. The molecule has 4 heteroatoms. The number of H-pyrrole nitrogens is 1. The Hall–Kier alpha value is -0.830. The summed E-state index contributed by atoms with van der Waals surface area (Å²) < 4.78 is 0.530. The van der Waals surface area contributed by atoms with Crippen LogP contribution in [0.3, 0.4) is 0 Å². The number of hydrogen-bond donors (Lipinski definition) is 1. The van der Waals surface area contributed by atoms with Crippen LogP contribution in [0.15, 0.2) is 18.5 Å². The van der Waals surface area contributed by atoms with Gasteiger partial charge in [0.05, 0.1) is 11.1 Å². The van der Waals surface area contributed by atoms with Crippen LogP contribution in [-0.4, -0.2) is 5.10 Å². The Bertz CT molecular complexity index is 231. The fourth-order valence-corrected chi connectivity index (χ4v) is 0.534. The maximum Gasteiger partial charge on any atom is 0.275 e.